The van der Waals surface area contributed by atoms with Crippen molar-refractivity contribution in [1.29, 1.82) is 0 Å². The van der Waals surface area contributed by atoms with Crippen LogP contribution in [0.2, 0.25) is 0 Å². The quantitative estimate of drug-likeness (QED) is 0.850. The van der Waals surface area contributed by atoms with Gasteiger partial charge in [0.15, 0.2) is 0 Å². The summed E-state index contributed by atoms with van der Waals surface area (Å²) >= 11 is 0. The lowest BCUT2D eigenvalue weighted by molar-refractivity contribution is -0.123. The number of nitrogens with one attached hydrogen (secondary N) is 2. The van der Waals surface area contributed by atoms with Gasteiger partial charge in [-0.25, -0.2) is 0 Å². The number of carbonyl (C=O) groups is 2. The van der Waals surface area contributed by atoms with Crippen molar-refractivity contribution in [2.75, 3.05) is 18.5 Å². The second-order valence-electron chi connectivity index (χ2n) is 6.05. The summed E-state index contributed by atoms with van der Waals surface area (Å²) in [7, 11) is 0. The third kappa shape index (κ3) is 4.38. The second-order valence-corrected chi connectivity index (χ2v) is 6.05. The predicted octanol–water partition coefficient (Wildman–Crippen LogP) is 2.48. The van der Waals surface area contributed by atoms with E-state index in [-0.39, 0.29) is 24.8 Å². The molecule has 0 fully saturated rings. The summed E-state index contributed by atoms with van der Waals surface area (Å²) in [6, 6.07) is 13.5. The molecule has 0 radical (unpaired) electrons. The number of hydrogen-bond acceptors (Lipinski definition) is 3. The third-order valence-electron chi connectivity index (χ3n) is 4.24. The lowest BCUT2D eigenvalue weighted by Gasteiger charge is -2.10. The van der Waals surface area contributed by atoms with E-state index in [0.717, 1.165) is 41.0 Å². The molecule has 0 aliphatic carbocycles. The minimum Gasteiger partial charge on any atom is -0.493 e. The molecule has 1 aliphatic rings. The van der Waals surface area contributed by atoms with Crippen LogP contribution in [0.25, 0.3) is 0 Å². The highest BCUT2D eigenvalue weighted by Crippen LogP contribution is 2.25. The molecular formula is C20H22N2O3. The number of carbonyl (C=O) groups excluding carboxylic acids is 2. The van der Waals surface area contributed by atoms with E-state index in [1.54, 1.807) is 0 Å². The number of para-hydroxylation sites is 1. The molecule has 130 valence electrons. The summed E-state index contributed by atoms with van der Waals surface area (Å²) in [4.78, 5) is 24.1. The molecular weight excluding hydrogens is 316 g/mol. The molecule has 0 bridgehead atoms. The van der Waals surface area contributed by atoms with E-state index in [1.807, 2.05) is 49.4 Å². The Morgan fingerprint density at radius 3 is 2.80 bits per heavy atom. The number of amides is 2. The Hall–Kier alpha value is -2.82. The molecule has 5 nitrogen and oxygen atoms in total. The maximum atomic E-state index is 12.1. The molecule has 1 heterocycles. The zero-order chi connectivity index (χ0) is 17.6. The van der Waals surface area contributed by atoms with Gasteiger partial charge in [0.25, 0.3) is 0 Å². The van der Waals surface area contributed by atoms with Crippen LogP contribution in [0, 0.1) is 0 Å². The third-order valence-corrected chi connectivity index (χ3v) is 4.24. The van der Waals surface area contributed by atoms with Gasteiger partial charge in [-0.3, -0.25) is 9.59 Å². The Kier molecular flexibility index (Phi) is 5.33. The van der Waals surface area contributed by atoms with Crippen molar-refractivity contribution < 1.29 is 14.3 Å². The van der Waals surface area contributed by atoms with Gasteiger partial charge in [-0.15, -0.1) is 0 Å². The van der Waals surface area contributed by atoms with Crippen LogP contribution in [0.15, 0.2) is 42.5 Å². The van der Waals surface area contributed by atoms with Crippen LogP contribution >= 0.6 is 0 Å². The first kappa shape index (κ1) is 17.0. The molecule has 2 N–H and O–H groups in total. The Balaban J connectivity index is 1.49. The summed E-state index contributed by atoms with van der Waals surface area (Å²) in [6.07, 6.45) is 1.97. The monoisotopic (exact) mass is 338 g/mol. The molecule has 2 amide bonds. The van der Waals surface area contributed by atoms with Crippen LogP contribution in [-0.2, 0) is 28.9 Å². The van der Waals surface area contributed by atoms with Crippen LogP contribution in [0.4, 0.5) is 5.69 Å². The number of aryl methyl sites for hydroxylation is 1. The Labute approximate surface area is 147 Å². The Morgan fingerprint density at radius 1 is 1.12 bits per heavy atom. The molecule has 5 heteroatoms. The summed E-state index contributed by atoms with van der Waals surface area (Å²) < 4.78 is 5.46. The van der Waals surface area contributed by atoms with Crippen LogP contribution in [-0.4, -0.2) is 25.0 Å². The number of rotatable bonds is 6. The standard InChI is InChI=1S/C20H22N2O3/c1-2-15-5-3-4-6-17(15)22-20(24)13-21-19(23)12-14-7-8-18-16(11-14)9-10-25-18/h3-8,11H,2,9-10,12-13H2,1H3,(H,21,23)(H,22,24). The van der Waals surface area contributed by atoms with Gasteiger partial charge >= 0.3 is 0 Å². The first-order valence-electron chi connectivity index (χ1n) is 8.54. The van der Waals surface area contributed by atoms with Crippen LogP contribution in [0.3, 0.4) is 0 Å². The number of hydrogen-bond donors (Lipinski definition) is 2. The van der Waals surface area contributed by atoms with Gasteiger partial charge < -0.3 is 15.4 Å². The maximum absolute atomic E-state index is 12.1. The molecule has 0 unspecified atom stereocenters. The number of anilines is 1. The number of fused-ring (bicyclic) bond motifs is 1. The lowest BCUT2D eigenvalue weighted by Crippen LogP contribution is -2.34. The van der Waals surface area contributed by atoms with Gasteiger partial charge in [0.2, 0.25) is 11.8 Å². The predicted molar refractivity (Wildman–Crippen MR) is 96.8 cm³/mol. The van der Waals surface area contributed by atoms with Gasteiger partial charge in [-0.05, 0) is 35.2 Å². The summed E-state index contributed by atoms with van der Waals surface area (Å²) in [5, 5.41) is 5.52. The Bertz CT molecular complexity index is 786. The highest BCUT2D eigenvalue weighted by atomic mass is 16.5. The first-order valence-corrected chi connectivity index (χ1v) is 8.54. The lowest BCUT2D eigenvalue weighted by atomic mass is 10.1. The topological polar surface area (TPSA) is 67.4 Å². The van der Waals surface area contributed by atoms with Crippen molar-refractivity contribution in [3.8, 4) is 5.75 Å². The number of ether oxygens (including phenoxy) is 1. The van der Waals surface area contributed by atoms with Crippen molar-refractivity contribution >= 4 is 17.5 Å². The van der Waals surface area contributed by atoms with Crippen molar-refractivity contribution in [3.63, 3.8) is 0 Å². The fourth-order valence-electron chi connectivity index (χ4n) is 2.92. The summed E-state index contributed by atoms with van der Waals surface area (Å²) in [5.74, 6) is 0.507. The fraction of sp³-hybridized carbons (Fsp3) is 0.300. The van der Waals surface area contributed by atoms with E-state index in [0.29, 0.717) is 6.61 Å². The minimum atomic E-state index is -0.225. The molecule has 0 saturated heterocycles. The molecule has 2 aromatic carbocycles. The molecule has 2 aromatic rings. The van der Waals surface area contributed by atoms with Gasteiger partial charge in [0.1, 0.15) is 5.75 Å². The molecule has 0 aromatic heterocycles. The van der Waals surface area contributed by atoms with E-state index in [2.05, 4.69) is 10.6 Å². The fourth-order valence-corrected chi connectivity index (χ4v) is 2.92. The van der Waals surface area contributed by atoms with Crippen molar-refractivity contribution in [2.45, 2.75) is 26.2 Å². The second kappa shape index (κ2) is 7.83. The average Bonchev–Trinajstić information content (AvgIpc) is 3.08. The molecule has 1 aliphatic heterocycles. The summed E-state index contributed by atoms with van der Waals surface area (Å²) in [5.41, 5.74) is 3.93. The zero-order valence-electron chi connectivity index (χ0n) is 14.3. The van der Waals surface area contributed by atoms with Gasteiger partial charge in [0.05, 0.1) is 19.6 Å². The number of benzene rings is 2. The largest absolute Gasteiger partial charge is 0.493 e. The van der Waals surface area contributed by atoms with E-state index < -0.39 is 0 Å². The van der Waals surface area contributed by atoms with E-state index >= 15 is 0 Å². The molecule has 25 heavy (non-hydrogen) atoms. The van der Waals surface area contributed by atoms with Gasteiger partial charge in [-0.2, -0.15) is 0 Å². The van der Waals surface area contributed by atoms with Crippen molar-refractivity contribution in [3.05, 3.63) is 59.2 Å². The SMILES string of the molecule is CCc1ccccc1NC(=O)CNC(=O)Cc1ccc2c(c1)CCO2. The highest BCUT2D eigenvalue weighted by molar-refractivity contribution is 5.95. The Morgan fingerprint density at radius 2 is 1.96 bits per heavy atom. The smallest absolute Gasteiger partial charge is 0.243 e. The van der Waals surface area contributed by atoms with Gasteiger partial charge in [0, 0.05) is 12.1 Å². The molecule has 0 atom stereocenters. The van der Waals surface area contributed by atoms with Crippen LogP contribution in [0.5, 0.6) is 5.75 Å². The first-order chi connectivity index (χ1) is 12.2. The maximum Gasteiger partial charge on any atom is 0.243 e. The van der Waals surface area contributed by atoms with E-state index in [4.69, 9.17) is 4.74 Å². The molecule has 0 spiro atoms. The van der Waals surface area contributed by atoms with Crippen LogP contribution in [0.1, 0.15) is 23.6 Å². The van der Waals surface area contributed by atoms with Crippen molar-refractivity contribution in [1.82, 2.24) is 5.32 Å². The normalized spacial score (nSPS) is 12.2. The summed E-state index contributed by atoms with van der Waals surface area (Å²) in [6.45, 7) is 2.70. The average molecular weight is 338 g/mol. The molecule has 3 rings (SSSR count). The van der Waals surface area contributed by atoms with Gasteiger partial charge in [-0.1, -0.05) is 37.3 Å². The highest BCUT2D eigenvalue weighted by Gasteiger charge is 2.14. The van der Waals surface area contributed by atoms with E-state index in [1.165, 1.54) is 0 Å². The minimum absolute atomic E-state index is 0.0368. The molecule has 0 saturated carbocycles. The zero-order valence-corrected chi connectivity index (χ0v) is 14.3. The van der Waals surface area contributed by atoms with Crippen molar-refractivity contribution in [2.24, 2.45) is 0 Å². The van der Waals surface area contributed by atoms with E-state index in [9.17, 15) is 9.59 Å². The van der Waals surface area contributed by atoms with Crippen LogP contribution < -0.4 is 15.4 Å².